The highest BCUT2D eigenvalue weighted by molar-refractivity contribution is 7.10. The fourth-order valence-electron chi connectivity index (χ4n) is 4.87. The summed E-state index contributed by atoms with van der Waals surface area (Å²) in [6, 6.07) is 14.3. The fraction of sp³-hybridized carbons (Fsp3) is 0.542. The van der Waals surface area contributed by atoms with Crippen LogP contribution in [0.1, 0.15) is 35.7 Å². The maximum absolute atomic E-state index is 4.52. The van der Waals surface area contributed by atoms with Gasteiger partial charge in [0.2, 0.25) is 0 Å². The van der Waals surface area contributed by atoms with Crippen molar-refractivity contribution in [2.24, 2.45) is 10.9 Å². The van der Waals surface area contributed by atoms with Crippen molar-refractivity contribution >= 4 is 23.0 Å². The first-order chi connectivity index (χ1) is 14.6. The molecule has 1 aromatic heterocycles. The molecule has 2 fully saturated rings. The van der Waals surface area contributed by atoms with Crippen LogP contribution in [0.5, 0.6) is 0 Å². The van der Waals surface area contributed by atoms with E-state index in [0.717, 1.165) is 32.0 Å². The number of aliphatic imine (C=N–C) groups is 1. The van der Waals surface area contributed by atoms with Crippen molar-refractivity contribution in [1.29, 1.82) is 0 Å². The lowest BCUT2D eigenvalue weighted by atomic mass is 9.88. The molecule has 0 saturated carbocycles. The normalized spacial score (nSPS) is 25.5. The molecule has 1 aromatic carbocycles. The average molecular weight is 426 g/mol. The largest absolute Gasteiger partial charge is 0.369 e. The third-order valence-corrected chi connectivity index (χ3v) is 7.47. The van der Waals surface area contributed by atoms with Gasteiger partial charge >= 0.3 is 0 Å². The lowest BCUT2D eigenvalue weighted by Crippen LogP contribution is -2.48. The highest BCUT2D eigenvalue weighted by atomic mass is 32.1. The number of likely N-dealkylation sites (tertiary alicyclic amines) is 1. The number of nitrogens with one attached hydrogen (secondary N) is 2. The molecule has 5 nitrogen and oxygen atoms in total. The second-order valence-corrected chi connectivity index (χ2v) is 9.69. The molecule has 0 amide bonds. The fourth-order valence-corrected chi connectivity index (χ4v) is 5.85. The summed E-state index contributed by atoms with van der Waals surface area (Å²) >= 11 is 1.88. The number of thiophene rings is 1. The maximum Gasteiger partial charge on any atom is 0.191 e. The standard InChI is InChI=1S/C24H35N5S/c1-18-8-10-21(11-9-18)29-14-12-20(17-29)27-24(25-2)26-16-19-6-4-13-28(3)23(19)22-7-5-15-30-22/h5,7-11,15,19-20,23H,4,6,12-14,16-17H2,1-3H3,(H2,25,26,27). The zero-order chi connectivity index (χ0) is 20.9. The van der Waals surface area contributed by atoms with Crippen molar-refractivity contribution in [2.75, 3.05) is 45.2 Å². The number of hydrogen-bond donors (Lipinski definition) is 2. The summed E-state index contributed by atoms with van der Waals surface area (Å²) < 4.78 is 0. The van der Waals surface area contributed by atoms with Crippen molar-refractivity contribution < 1.29 is 0 Å². The summed E-state index contributed by atoms with van der Waals surface area (Å²) in [7, 11) is 4.15. The van der Waals surface area contributed by atoms with Crippen LogP contribution in [0.25, 0.3) is 0 Å². The number of aryl methyl sites for hydroxylation is 1. The molecule has 2 aromatic rings. The molecule has 2 N–H and O–H groups in total. The van der Waals surface area contributed by atoms with E-state index in [0.29, 0.717) is 18.0 Å². The Bertz CT molecular complexity index is 817. The first-order valence-electron chi connectivity index (χ1n) is 11.2. The van der Waals surface area contributed by atoms with Gasteiger partial charge in [-0.1, -0.05) is 23.8 Å². The van der Waals surface area contributed by atoms with Gasteiger partial charge in [0.25, 0.3) is 0 Å². The van der Waals surface area contributed by atoms with E-state index in [1.165, 1.54) is 35.5 Å². The molecule has 3 heterocycles. The molecule has 0 aliphatic carbocycles. The van der Waals surface area contributed by atoms with Crippen molar-refractivity contribution in [2.45, 2.75) is 38.3 Å². The zero-order valence-corrected chi connectivity index (χ0v) is 19.3. The zero-order valence-electron chi connectivity index (χ0n) is 18.5. The summed E-state index contributed by atoms with van der Waals surface area (Å²) in [6.07, 6.45) is 3.67. The SMILES string of the molecule is CN=C(NCC1CCCN(C)C1c1cccs1)NC1CCN(c2ccc(C)cc2)C1. The van der Waals surface area contributed by atoms with E-state index >= 15 is 0 Å². The number of anilines is 1. The van der Waals surface area contributed by atoms with Gasteiger partial charge in [0.15, 0.2) is 5.96 Å². The van der Waals surface area contributed by atoms with Gasteiger partial charge in [-0.3, -0.25) is 9.89 Å². The van der Waals surface area contributed by atoms with Crippen LogP contribution in [0.15, 0.2) is 46.8 Å². The Hall–Kier alpha value is -2.05. The van der Waals surface area contributed by atoms with Crippen LogP contribution < -0.4 is 15.5 Å². The molecular formula is C24H35N5S. The van der Waals surface area contributed by atoms with E-state index in [9.17, 15) is 0 Å². The molecule has 2 aliphatic rings. The Morgan fingerprint density at radius 1 is 1.17 bits per heavy atom. The highest BCUT2D eigenvalue weighted by Gasteiger charge is 2.31. The molecule has 2 aliphatic heterocycles. The average Bonchev–Trinajstić information content (AvgIpc) is 3.44. The van der Waals surface area contributed by atoms with Gasteiger partial charge in [-0.25, -0.2) is 0 Å². The molecule has 2 saturated heterocycles. The molecule has 3 atom stereocenters. The molecular weight excluding hydrogens is 390 g/mol. The number of benzene rings is 1. The Balaban J connectivity index is 1.31. The van der Waals surface area contributed by atoms with Gasteiger partial charge in [0.05, 0.1) is 0 Å². The second-order valence-electron chi connectivity index (χ2n) is 8.71. The van der Waals surface area contributed by atoms with E-state index in [2.05, 4.69) is 81.2 Å². The summed E-state index contributed by atoms with van der Waals surface area (Å²) in [5, 5.41) is 9.50. The third kappa shape index (κ3) is 4.98. The first-order valence-corrected chi connectivity index (χ1v) is 12.0. The monoisotopic (exact) mass is 425 g/mol. The van der Waals surface area contributed by atoms with Crippen LogP contribution in [-0.4, -0.2) is 57.2 Å². The summed E-state index contributed by atoms with van der Waals surface area (Å²) in [5.41, 5.74) is 2.63. The Labute approximate surface area is 185 Å². The molecule has 6 heteroatoms. The topological polar surface area (TPSA) is 42.9 Å². The van der Waals surface area contributed by atoms with Gasteiger partial charge in [-0.05, 0) is 69.3 Å². The van der Waals surface area contributed by atoms with Crippen LogP contribution in [-0.2, 0) is 0 Å². The molecule has 3 unspecified atom stereocenters. The quantitative estimate of drug-likeness (QED) is 0.564. The van der Waals surface area contributed by atoms with Gasteiger partial charge in [0.1, 0.15) is 0 Å². The molecule has 0 radical (unpaired) electrons. The molecule has 0 bridgehead atoms. The van der Waals surface area contributed by atoms with Crippen LogP contribution in [0, 0.1) is 12.8 Å². The minimum atomic E-state index is 0.430. The molecule has 162 valence electrons. The number of piperidine rings is 1. The van der Waals surface area contributed by atoms with Crippen molar-refractivity contribution in [1.82, 2.24) is 15.5 Å². The maximum atomic E-state index is 4.52. The summed E-state index contributed by atoms with van der Waals surface area (Å²) in [6.45, 7) is 6.39. The first kappa shape index (κ1) is 21.2. The predicted octanol–water partition coefficient (Wildman–Crippen LogP) is 3.88. The highest BCUT2D eigenvalue weighted by Crippen LogP contribution is 2.36. The number of rotatable bonds is 5. The summed E-state index contributed by atoms with van der Waals surface area (Å²) in [4.78, 5) is 11.0. The lowest BCUT2D eigenvalue weighted by Gasteiger charge is -2.39. The van der Waals surface area contributed by atoms with Gasteiger partial charge in [-0.15, -0.1) is 11.3 Å². The summed E-state index contributed by atoms with van der Waals surface area (Å²) in [5.74, 6) is 1.54. The number of nitrogens with zero attached hydrogens (tertiary/aromatic N) is 3. The van der Waals surface area contributed by atoms with Gasteiger partial charge in [0, 0.05) is 49.3 Å². The Morgan fingerprint density at radius 3 is 2.73 bits per heavy atom. The number of hydrogen-bond acceptors (Lipinski definition) is 4. The van der Waals surface area contributed by atoms with E-state index in [4.69, 9.17) is 0 Å². The smallest absolute Gasteiger partial charge is 0.191 e. The predicted molar refractivity (Wildman–Crippen MR) is 129 cm³/mol. The van der Waals surface area contributed by atoms with Crippen LogP contribution in [0.2, 0.25) is 0 Å². The van der Waals surface area contributed by atoms with Crippen molar-refractivity contribution in [3.63, 3.8) is 0 Å². The van der Waals surface area contributed by atoms with Gasteiger partial charge in [-0.2, -0.15) is 0 Å². The molecule has 4 rings (SSSR count). The Kier molecular flexibility index (Phi) is 6.95. The minimum absolute atomic E-state index is 0.430. The minimum Gasteiger partial charge on any atom is -0.369 e. The van der Waals surface area contributed by atoms with Crippen LogP contribution in [0.4, 0.5) is 5.69 Å². The van der Waals surface area contributed by atoms with E-state index in [-0.39, 0.29) is 0 Å². The number of guanidine groups is 1. The lowest BCUT2D eigenvalue weighted by molar-refractivity contribution is 0.125. The van der Waals surface area contributed by atoms with Gasteiger partial charge < -0.3 is 15.5 Å². The Morgan fingerprint density at radius 2 is 2.00 bits per heavy atom. The van der Waals surface area contributed by atoms with Crippen molar-refractivity contribution in [3.05, 3.63) is 52.2 Å². The second kappa shape index (κ2) is 9.84. The van der Waals surface area contributed by atoms with Crippen molar-refractivity contribution in [3.8, 4) is 0 Å². The van der Waals surface area contributed by atoms with E-state index in [1.807, 2.05) is 18.4 Å². The molecule has 0 spiro atoms. The van der Waals surface area contributed by atoms with Crippen LogP contribution in [0.3, 0.4) is 0 Å². The third-order valence-electron chi connectivity index (χ3n) is 6.53. The van der Waals surface area contributed by atoms with E-state index < -0.39 is 0 Å². The molecule has 30 heavy (non-hydrogen) atoms. The van der Waals surface area contributed by atoms with E-state index in [1.54, 1.807) is 0 Å². The van der Waals surface area contributed by atoms with Crippen LogP contribution >= 0.6 is 11.3 Å².